The summed E-state index contributed by atoms with van der Waals surface area (Å²) in [6, 6.07) is 9.74. The first-order valence-corrected chi connectivity index (χ1v) is 8.48. The first-order chi connectivity index (χ1) is 11.4. The predicted octanol–water partition coefficient (Wildman–Crippen LogP) is 3.91. The maximum Gasteiger partial charge on any atom is 0.320 e. The molecular formula is C17H20N2O4S. The molecule has 0 fully saturated rings. The second-order valence-corrected chi connectivity index (χ2v) is 7.14. The topological polar surface area (TPSA) is 92.5 Å². The van der Waals surface area contributed by atoms with Crippen LogP contribution in [0.25, 0.3) is 10.4 Å². The quantitative estimate of drug-likeness (QED) is 0.557. The zero-order valence-corrected chi connectivity index (χ0v) is 14.4. The molecule has 0 amide bonds. The van der Waals surface area contributed by atoms with Crippen molar-refractivity contribution in [2.24, 2.45) is 5.92 Å². The Kier molecular flexibility index (Phi) is 6.05. The lowest BCUT2D eigenvalue weighted by atomic mass is 10.0. The van der Waals surface area contributed by atoms with Crippen molar-refractivity contribution >= 4 is 23.0 Å². The number of nitrogens with one attached hydrogen (secondary N) is 1. The summed E-state index contributed by atoms with van der Waals surface area (Å²) in [6.07, 6.45) is 0.579. The molecule has 0 bridgehead atoms. The van der Waals surface area contributed by atoms with Crippen LogP contribution in [0.15, 0.2) is 36.4 Å². The summed E-state index contributed by atoms with van der Waals surface area (Å²) in [6.45, 7) is 4.48. The molecule has 0 radical (unpaired) electrons. The molecule has 0 unspecified atom stereocenters. The average molecular weight is 348 g/mol. The lowest BCUT2D eigenvalue weighted by Crippen LogP contribution is -2.37. The van der Waals surface area contributed by atoms with Crippen LogP contribution in [0.3, 0.4) is 0 Å². The number of hydrogen-bond acceptors (Lipinski definition) is 5. The summed E-state index contributed by atoms with van der Waals surface area (Å²) < 4.78 is 0. The van der Waals surface area contributed by atoms with Gasteiger partial charge in [-0.2, -0.15) is 0 Å². The van der Waals surface area contributed by atoms with E-state index in [1.54, 1.807) is 23.5 Å². The summed E-state index contributed by atoms with van der Waals surface area (Å²) in [5.41, 5.74) is 0.976. The van der Waals surface area contributed by atoms with Crippen molar-refractivity contribution in [3.05, 3.63) is 51.4 Å². The summed E-state index contributed by atoms with van der Waals surface area (Å²) in [7, 11) is 0. The third-order valence-electron chi connectivity index (χ3n) is 3.55. The van der Waals surface area contributed by atoms with Crippen molar-refractivity contribution in [1.29, 1.82) is 0 Å². The average Bonchev–Trinajstić information content (AvgIpc) is 2.99. The van der Waals surface area contributed by atoms with E-state index >= 15 is 0 Å². The van der Waals surface area contributed by atoms with Crippen LogP contribution in [0.2, 0.25) is 0 Å². The number of nitro benzene ring substituents is 1. The van der Waals surface area contributed by atoms with Crippen LogP contribution in [-0.4, -0.2) is 22.0 Å². The van der Waals surface area contributed by atoms with Crippen molar-refractivity contribution in [3.8, 4) is 10.4 Å². The molecule has 1 atom stereocenters. The second kappa shape index (κ2) is 8.03. The van der Waals surface area contributed by atoms with Crippen LogP contribution in [0, 0.1) is 16.0 Å². The van der Waals surface area contributed by atoms with Crippen LogP contribution >= 0.6 is 11.3 Å². The lowest BCUT2D eigenvalue weighted by molar-refractivity contribution is -0.384. The molecule has 1 aromatic carbocycles. The zero-order valence-electron chi connectivity index (χ0n) is 13.6. The molecule has 0 aliphatic heterocycles. The van der Waals surface area contributed by atoms with Gasteiger partial charge in [-0.25, -0.2) is 0 Å². The van der Waals surface area contributed by atoms with Crippen LogP contribution in [0.5, 0.6) is 0 Å². The number of carbonyl (C=O) groups is 1. The Morgan fingerprint density at radius 2 is 1.92 bits per heavy atom. The van der Waals surface area contributed by atoms with Gasteiger partial charge in [0.1, 0.15) is 6.04 Å². The van der Waals surface area contributed by atoms with Crippen molar-refractivity contribution in [1.82, 2.24) is 5.32 Å². The van der Waals surface area contributed by atoms with Crippen molar-refractivity contribution in [3.63, 3.8) is 0 Å². The largest absolute Gasteiger partial charge is 0.480 e. The Bertz CT molecular complexity index is 710. The van der Waals surface area contributed by atoms with Gasteiger partial charge in [-0.15, -0.1) is 11.3 Å². The molecule has 24 heavy (non-hydrogen) atoms. The maximum atomic E-state index is 11.3. The first kappa shape index (κ1) is 18.1. The minimum absolute atomic E-state index is 0.0650. The molecule has 2 N–H and O–H groups in total. The molecule has 0 aliphatic rings. The monoisotopic (exact) mass is 348 g/mol. The zero-order chi connectivity index (χ0) is 17.7. The number of nitro groups is 1. The maximum absolute atomic E-state index is 11.3. The smallest absolute Gasteiger partial charge is 0.320 e. The molecule has 0 spiro atoms. The Balaban J connectivity index is 2.02. The van der Waals surface area contributed by atoms with Gasteiger partial charge in [-0.3, -0.25) is 20.2 Å². The lowest BCUT2D eigenvalue weighted by Gasteiger charge is -2.15. The molecule has 2 aromatic rings. The first-order valence-electron chi connectivity index (χ1n) is 7.66. The van der Waals surface area contributed by atoms with E-state index in [0.29, 0.717) is 18.9 Å². The number of aliphatic carboxylic acids is 1. The van der Waals surface area contributed by atoms with E-state index in [1.807, 2.05) is 26.0 Å². The Morgan fingerprint density at radius 1 is 1.25 bits per heavy atom. The van der Waals surface area contributed by atoms with Crippen molar-refractivity contribution in [2.45, 2.75) is 32.9 Å². The fourth-order valence-corrected chi connectivity index (χ4v) is 3.31. The number of hydrogen-bond donors (Lipinski definition) is 2. The van der Waals surface area contributed by atoms with Crippen LogP contribution in [0.4, 0.5) is 5.69 Å². The highest BCUT2D eigenvalue weighted by molar-refractivity contribution is 7.15. The minimum atomic E-state index is -0.837. The fraction of sp³-hybridized carbons (Fsp3) is 0.353. The molecule has 6 nitrogen and oxygen atoms in total. The van der Waals surface area contributed by atoms with Gasteiger partial charge in [0.25, 0.3) is 5.69 Å². The molecule has 2 rings (SSSR count). The van der Waals surface area contributed by atoms with E-state index in [4.69, 9.17) is 0 Å². The Labute approximate surface area is 144 Å². The highest BCUT2D eigenvalue weighted by Gasteiger charge is 2.18. The van der Waals surface area contributed by atoms with Crippen molar-refractivity contribution in [2.75, 3.05) is 0 Å². The third-order valence-corrected chi connectivity index (χ3v) is 4.69. The molecule has 1 heterocycles. The standard InChI is InChI=1S/C17H20N2O4S/c1-11(2)9-15(17(20)21)18-10-14-7-8-16(24-14)12-3-5-13(6-4-12)19(22)23/h3-8,11,15,18H,9-10H2,1-2H3,(H,20,21)/t15-/m1/s1. The van der Waals surface area contributed by atoms with Crippen molar-refractivity contribution < 1.29 is 14.8 Å². The number of non-ortho nitro benzene ring substituents is 1. The molecule has 1 aromatic heterocycles. The number of nitrogens with zero attached hydrogens (tertiary/aromatic N) is 1. The third kappa shape index (κ3) is 4.87. The number of thiophene rings is 1. The Morgan fingerprint density at radius 3 is 2.46 bits per heavy atom. The molecule has 0 saturated heterocycles. The van der Waals surface area contributed by atoms with Gasteiger partial charge in [0, 0.05) is 28.4 Å². The number of benzene rings is 1. The van der Waals surface area contributed by atoms with Gasteiger partial charge >= 0.3 is 5.97 Å². The van der Waals surface area contributed by atoms with Crippen LogP contribution in [-0.2, 0) is 11.3 Å². The van der Waals surface area contributed by atoms with Gasteiger partial charge in [0.2, 0.25) is 0 Å². The van der Waals surface area contributed by atoms with E-state index in [-0.39, 0.29) is 5.69 Å². The van der Waals surface area contributed by atoms with Gasteiger partial charge < -0.3 is 5.11 Å². The molecular weight excluding hydrogens is 328 g/mol. The second-order valence-electron chi connectivity index (χ2n) is 5.97. The number of rotatable bonds is 8. The van der Waals surface area contributed by atoms with E-state index in [0.717, 1.165) is 15.3 Å². The highest BCUT2D eigenvalue weighted by Crippen LogP contribution is 2.29. The fourth-order valence-electron chi connectivity index (χ4n) is 2.34. The summed E-state index contributed by atoms with van der Waals surface area (Å²) in [4.78, 5) is 23.5. The summed E-state index contributed by atoms with van der Waals surface area (Å²) >= 11 is 1.55. The normalized spacial score (nSPS) is 12.3. The number of carboxylic acids is 1. The van der Waals surface area contributed by atoms with Gasteiger partial charge in [-0.1, -0.05) is 13.8 Å². The van der Waals surface area contributed by atoms with E-state index in [9.17, 15) is 20.0 Å². The Hall–Kier alpha value is -2.25. The molecule has 0 saturated carbocycles. The summed E-state index contributed by atoms with van der Waals surface area (Å²) in [5, 5.41) is 23.0. The molecule has 128 valence electrons. The van der Waals surface area contributed by atoms with Crippen LogP contribution < -0.4 is 5.32 Å². The van der Waals surface area contributed by atoms with Gasteiger partial charge in [0.05, 0.1) is 4.92 Å². The van der Waals surface area contributed by atoms with E-state index in [2.05, 4.69) is 5.32 Å². The van der Waals surface area contributed by atoms with E-state index < -0.39 is 16.9 Å². The highest BCUT2D eigenvalue weighted by atomic mass is 32.1. The molecule has 0 aliphatic carbocycles. The molecule has 7 heteroatoms. The number of carboxylic acid groups (broad SMARTS) is 1. The van der Waals surface area contributed by atoms with Gasteiger partial charge in [-0.05, 0) is 42.2 Å². The minimum Gasteiger partial charge on any atom is -0.480 e. The van der Waals surface area contributed by atoms with Gasteiger partial charge in [0.15, 0.2) is 0 Å². The predicted molar refractivity (Wildman–Crippen MR) is 94.1 cm³/mol. The summed E-state index contributed by atoms with van der Waals surface area (Å²) in [5.74, 6) is -0.534. The van der Waals surface area contributed by atoms with E-state index in [1.165, 1.54) is 12.1 Å². The van der Waals surface area contributed by atoms with Crippen LogP contribution in [0.1, 0.15) is 25.1 Å². The SMILES string of the molecule is CC(C)C[C@@H](NCc1ccc(-c2ccc([N+](=O)[O-])cc2)s1)C(=O)O.